The fraction of sp³-hybridized carbons (Fsp3) is 0.200. The van der Waals surface area contributed by atoms with E-state index in [0.29, 0.717) is 5.52 Å². The molecular weight excluding hydrogens is 167 g/mol. The number of nitrogens with zero attached hydrogens (tertiary/aromatic N) is 2. The molecule has 0 atom stereocenters. The molecule has 0 radical (unpaired) electrons. The highest BCUT2D eigenvalue weighted by Gasteiger charge is 1.99. The first-order valence-corrected chi connectivity index (χ1v) is 4.21. The predicted octanol–water partition coefficient (Wildman–Crippen LogP) is 2.33. The van der Waals surface area contributed by atoms with Gasteiger partial charge in [-0.15, -0.1) is 0 Å². The van der Waals surface area contributed by atoms with Crippen molar-refractivity contribution in [1.29, 1.82) is 0 Å². The summed E-state index contributed by atoms with van der Waals surface area (Å²) in [5.74, 6) is -0.531. The number of halogens is 1. The quantitative estimate of drug-likeness (QED) is 0.666. The number of benzene rings is 1. The fourth-order valence-corrected chi connectivity index (χ4v) is 1.25. The molecule has 0 saturated carbocycles. The summed E-state index contributed by atoms with van der Waals surface area (Å²) in [7, 11) is 0. The molecule has 0 aliphatic rings. The van der Waals surface area contributed by atoms with Crippen molar-refractivity contribution < 1.29 is 4.39 Å². The van der Waals surface area contributed by atoms with Crippen LogP contribution in [0, 0.1) is 5.95 Å². The second kappa shape index (κ2) is 3.09. The smallest absolute Gasteiger partial charge is 0.231 e. The average molecular weight is 176 g/mol. The Morgan fingerprint density at radius 3 is 2.92 bits per heavy atom. The summed E-state index contributed by atoms with van der Waals surface area (Å²) in [6, 6.07) is 5.67. The van der Waals surface area contributed by atoms with E-state index in [1.807, 2.05) is 12.1 Å². The predicted molar refractivity (Wildman–Crippen MR) is 48.9 cm³/mol. The Morgan fingerprint density at radius 1 is 1.31 bits per heavy atom. The monoisotopic (exact) mass is 176 g/mol. The number of aromatic nitrogens is 2. The minimum atomic E-state index is -0.531. The van der Waals surface area contributed by atoms with Gasteiger partial charge < -0.3 is 0 Å². The van der Waals surface area contributed by atoms with Gasteiger partial charge in [0.2, 0.25) is 5.95 Å². The zero-order valence-electron chi connectivity index (χ0n) is 7.29. The third kappa shape index (κ3) is 1.49. The second-order valence-corrected chi connectivity index (χ2v) is 2.87. The molecule has 2 nitrogen and oxygen atoms in total. The normalized spacial score (nSPS) is 10.6. The molecule has 0 N–H and O–H groups in total. The third-order valence-corrected chi connectivity index (χ3v) is 1.99. The minimum absolute atomic E-state index is 0.531. The van der Waals surface area contributed by atoms with Crippen LogP contribution in [0.3, 0.4) is 0 Å². The summed E-state index contributed by atoms with van der Waals surface area (Å²) in [6.45, 7) is 2.07. The molecule has 13 heavy (non-hydrogen) atoms. The SMILES string of the molecule is CCc1ccc2nc(F)cnc2c1. The lowest BCUT2D eigenvalue weighted by atomic mass is 10.1. The molecule has 3 heteroatoms. The van der Waals surface area contributed by atoms with Gasteiger partial charge in [0.05, 0.1) is 17.2 Å². The Kier molecular flexibility index (Phi) is 1.93. The Balaban J connectivity index is 2.66. The number of fused-ring (bicyclic) bond motifs is 1. The van der Waals surface area contributed by atoms with E-state index >= 15 is 0 Å². The molecule has 2 aromatic rings. The van der Waals surface area contributed by atoms with E-state index in [1.165, 1.54) is 5.56 Å². The highest BCUT2D eigenvalue weighted by atomic mass is 19.1. The van der Waals surface area contributed by atoms with E-state index in [1.54, 1.807) is 6.07 Å². The van der Waals surface area contributed by atoms with E-state index in [0.717, 1.165) is 18.1 Å². The number of rotatable bonds is 1. The van der Waals surface area contributed by atoms with Gasteiger partial charge in [0.15, 0.2) is 0 Å². The van der Waals surface area contributed by atoms with Gasteiger partial charge in [0.25, 0.3) is 0 Å². The first-order chi connectivity index (χ1) is 6.29. The van der Waals surface area contributed by atoms with Crippen molar-refractivity contribution in [3.05, 3.63) is 35.9 Å². The number of hydrogen-bond acceptors (Lipinski definition) is 2. The van der Waals surface area contributed by atoms with Gasteiger partial charge >= 0.3 is 0 Å². The lowest BCUT2D eigenvalue weighted by Crippen LogP contribution is -1.89. The van der Waals surface area contributed by atoms with Gasteiger partial charge in [-0.1, -0.05) is 13.0 Å². The van der Waals surface area contributed by atoms with Crippen LogP contribution >= 0.6 is 0 Å². The third-order valence-electron chi connectivity index (χ3n) is 1.99. The maximum Gasteiger partial charge on any atom is 0.231 e. The summed E-state index contributed by atoms with van der Waals surface area (Å²) >= 11 is 0. The van der Waals surface area contributed by atoms with Gasteiger partial charge in [-0.25, -0.2) is 9.97 Å². The minimum Gasteiger partial charge on any atom is -0.250 e. The summed E-state index contributed by atoms with van der Waals surface area (Å²) in [5.41, 5.74) is 2.55. The molecule has 0 fully saturated rings. The van der Waals surface area contributed by atoms with E-state index in [-0.39, 0.29) is 0 Å². The van der Waals surface area contributed by atoms with Crippen molar-refractivity contribution >= 4 is 11.0 Å². The summed E-state index contributed by atoms with van der Waals surface area (Å²) in [6.07, 6.45) is 2.09. The highest BCUT2D eigenvalue weighted by Crippen LogP contribution is 2.11. The van der Waals surface area contributed by atoms with Gasteiger partial charge in [-0.2, -0.15) is 4.39 Å². The van der Waals surface area contributed by atoms with Crippen molar-refractivity contribution in [2.75, 3.05) is 0 Å². The standard InChI is InChI=1S/C10H9FN2/c1-2-7-3-4-8-9(5-7)12-6-10(11)13-8/h3-6H,2H2,1H3. The van der Waals surface area contributed by atoms with Crippen LogP contribution in [-0.2, 0) is 6.42 Å². The lowest BCUT2D eigenvalue weighted by Gasteiger charge is -1.98. The van der Waals surface area contributed by atoms with Crippen molar-refractivity contribution in [1.82, 2.24) is 9.97 Å². The highest BCUT2D eigenvalue weighted by molar-refractivity contribution is 5.74. The number of hydrogen-bond donors (Lipinski definition) is 0. The first kappa shape index (κ1) is 8.10. The van der Waals surface area contributed by atoms with Crippen molar-refractivity contribution in [3.63, 3.8) is 0 Å². The van der Waals surface area contributed by atoms with Crippen LogP contribution in [0.2, 0.25) is 0 Å². The second-order valence-electron chi connectivity index (χ2n) is 2.87. The van der Waals surface area contributed by atoms with E-state index < -0.39 is 5.95 Å². The van der Waals surface area contributed by atoms with Crippen molar-refractivity contribution in [3.8, 4) is 0 Å². The Bertz CT molecular complexity index is 440. The molecule has 0 bridgehead atoms. The van der Waals surface area contributed by atoms with Crippen molar-refractivity contribution in [2.24, 2.45) is 0 Å². The molecule has 0 aliphatic heterocycles. The largest absolute Gasteiger partial charge is 0.250 e. The molecule has 1 heterocycles. The molecule has 0 spiro atoms. The molecule has 1 aromatic carbocycles. The molecule has 0 aliphatic carbocycles. The van der Waals surface area contributed by atoms with Crippen molar-refractivity contribution in [2.45, 2.75) is 13.3 Å². The van der Waals surface area contributed by atoms with Gasteiger partial charge in [0.1, 0.15) is 0 Å². The molecular formula is C10H9FN2. The first-order valence-electron chi connectivity index (χ1n) is 4.21. The average Bonchev–Trinajstić information content (AvgIpc) is 2.17. The van der Waals surface area contributed by atoms with Crippen LogP contribution in [-0.4, -0.2) is 9.97 Å². The maximum atomic E-state index is 12.6. The molecule has 0 saturated heterocycles. The fourth-order valence-electron chi connectivity index (χ4n) is 1.25. The molecule has 2 rings (SSSR count). The molecule has 0 amide bonds. The van der Waals surface area contributed by atoms with Crippen LogP contribution in [0.4, 0.5) is 4.39 Å². The van der Waals surface area contributed by atoms with Crippen LogP contribution in [0.15, 0.2) is 24.4 Å². The Morgan fingerprint density at radius 2 is 2.15 bits per heavy atom. The van der Waals surface area contributed by atoms with Gasteiger partial charge in [0, 0.05) is 0 Å². The maximum absolute atomic E-state index is 12.6. The van der Waals surface area contributed by atoms with E-state index in [9.17, 15) is 4.39 Å². The van der Waals surface area contributed by atoms with Gasteiger partial charge in [-0.05, 0) is 24.1 Å². The molecule has 66 valence electrons. The summed E-state index contributed by atoms with van der Waals surface area (Å²) in [4.78, 5) is 7.67. The molecule has 1 aromatic heterocycles. The summed E-state index contributed by atoms with van der Waals surface area (Å²) in [5, 5.41) is 0. The zero-order chi connectivity index (χ0) is 9.26. The lowest BCUT2D eigenvalue weighted by molar-refractivity contribution is 0.583. The van der Waals surface area contributed by atoms with Crippen LogP contribution < -0.4 is 0 Å². The van der Waals surface area contributed by atoms with E-state index in [2.05, 4.69) is 16.9 Å². The van der Waals surface area contributed by atoms with E-state index in [4.69, 9.17) is 0 Å². The summed E-state index contributed by atoms with van der Waals surface area (Å²) < 4.78 is 12.6. The van der Waals surface area contributed by atoms with Crippen LogP contribution in [0.25, 0.3) is 11.0 Å². The number of aryl methyl sites for hydroxylation is 1. The van der Waals surface area contributed by atoms with Gasteiger partial charge in [-0.3, -0.25) is 0 Å². The van der Waals surface area contributed by atoms with Crippen LogP contribution in [0.1, 0.15) is 12.5 Å². The topological polar surface area (TPSA) is 25.8 Å². The Labute approximate surface area is 75.4 Å². The van der Waals surface area contributed by atoms with Crippen LogP contribution in [0.5, 0.6) is 0 Å². The Hall–Kier alpha value is -1.51. The zero-order valence-corrected chi connectivity index (χ0v) is 7.29. The molecule has 0 unspecified atom stereocenters.